The molecule has 0 atom stereocenters. The lowest BCUT2D eigenvalue weighted by Gasteiger charge is -2.05. The van der Waals surface area contributed by atoms with Crippen LogP contribution >= 0.6 is 11.3 Å². The summed E-state index contributed by atoms with van der Waals surface area (Å²) >= 11 is 1.28. The van der Waals surface area contributed by atoms with Crippen LogP contribution in [-0.2, 0) is 0 Å². The van der Waals surface area contributed by atoms with Gasteiger partial charge in [0, 0.05) is 10.9 Å². The molecule has 2 rings (SSSR count). The van der Waals surface area contributed by atoms with Crippen molar-refractivity contribution in [3.63, 3.8) is 0 Å². The highest BCUT2D eigenvalue weighted by atomic mass is 32.1. The number of benzene rings is 1. The van der Waals surface area contributed by atoms with E-state index in [1.165, 1.54) is 16.9 Å². The Morgan fingerprint density at radius 2 is 1.94 bits per heavy atom. The number of nitrogens with two attached hydrogens (primary N) is 1. The summed E-state index contributed by atoms with van der Waals surface area (Å²) in [4.78, 5) is 16.0. The number of rotatable bonds is 3. The lowest BCUT2D eigenvalue weighted by molar-refractivity contribution is 0.103. The number of nitrogens with zero attached hydrogens (tertiary/aromatic N) is 1. The normalized spacial score (nSPS) is 10.8. The van der Waals surface area contributed by atoms with Gasteiger partial charge in [-0.05, 0) is 11.5 Å². The fourth-order valence-corrected chi connectivity index (χ4v) is 2.10. The van der Waals surface area contributed by atoms with Gasteiger partial charge in [0.1, 0.15) is 5.69 Å². The summed E-state index contributed by atoms with van der Waals surface area (Å²) in [5.74, 6) is 0.391. The molecule has 0 radical (unpaired) electrons. The van der Waals surface area contributed by atoms with Crippen molar-refractivity contribution in [2.75, 3.05) is 5.73 Å². The number of carbonyl (C=O) groups is 1. The molecule has 2 N–H and O–H groups in total. The first kappa shape index (κ1) is 11.8. The third-order valence-corrected chi connectivity index (χ3v) is 3.27. The molecule has 0 aliphatic carbocycles. The summed E-state index contributed by atoms with van der Waals surface area (Å²) < 4.78 is 0. The number of thiazole rings is 1. The molecular formula is C13H14N2OS. The Hall–Kier alpha value is -1.68. The van der Waals surface area contributed by atoms with Crippen molar-refractivity contribution in [2.45, 2.75) is 19.8 Å². The lowest BCUT2D eigenvalue weighted by atomic mass is 10.00. The van der Waals surface area contributed by atoms with Gasteiger partial charge in [-0.1, -0.05) is 38.1 Å². The molecule has 0 aliphatic heterocycles. The summed E-state index contributed by atoms with van der Waals surface area (Å²) in [6, 6.07) is 7.64. The molecule has 17 heavy (non-hydrogen) atoms. The van der Waals surface area contributed by atoms with Crippen LogP contribution in [0.25, 0.3) is 0 Å². The largest absolute Gasteiger partial charge is 0.375 e. The van der Waals surface area contributed by atoms with Crippen molar-refractivity contribution in [3.8, 4) is 0 Å². The molecule has 88 valence electrons. The maximum Gasteiger partial charge on any atom is 0.212 e. The average molecular weight is 246 g/mol. The van der Waals surface area contributed by atoms with Gasteiger partial charge in [0.25, 0.3) is 0 Å². The fourth-order valence-electron chi connectivity index (χ4n) is 1.56. The molecule has 2 aromatic rings. The summed E-state index contributed by atoms with van der Waals surface area (Å²) in [7, 11) is 0. The van der Waals surface area contributed by atoms with Crippen molar-refractivity contribution in [1.29, 1.82) is 0 Å². The molecule has 0 unspecified atom stereocenters. The van der Waals surface area contributed by atoms with E-state index in [4.69, 9.17) is 5.73 Å². The van der Waals surface area contributed by atoms with Crippen molar-refractivity contribution in [2.24, 2.45) is 0 Å². The van der Waals surface area contributed by atoms with Gasteiger partial charge < -0.3 is 5.73 Å². The van der Waals surface area contributed by atoms with E-state index < -0.39 is 0 Å². The van der Waals surface area contributed by atoms with E-state index in [1.807, 2.05) is 24.3 Å². The first-order valence-corrected chi connectivity index (χ1v) is 6.31. The monoisotopic (exact) mass is 246 g/mol. The zero-order valence-corrected chi connectivity index (χ0v) is 10.6. The Labute approximate surface area is 104 Å². The number of hydrogen-bond donors (Lipinski definition) is 1. The van der Waals surface area contributed by atoms with Gasteiger partial charge in [-0.2, -0.15) is 0 Å². The molecule has 1 aromatic carbocycles. The molecule has 0 bridgehead atoms. The van der Waals surface area contributed by atoms with E-state index >= 15 is 0 Å². The van der Waals surface area contributed by atoms with Gasteiger partial charge in [-0.3, -0.25) is 4.79 Å². The van der Waals surface area contributed by atoms with E-state index in [1.54, 1.807) is 5.38 Å². The second-order valence-corrected chi connectivity index (χ2v) is 5.07. The molecule has 0 fully saturated rings. The standard InChI is InChI=1S/C13H14N2OS/c1-8(2)9-3-5-10(6-4-9)12(16)11-7-17-13(14)15-11/h3-8H,1-2H3,(H2,14,15). The van der Waals surface area contributed by atoms with Crippen LogP contribution in [0.5, 0.6) is 0 Å². The van der Waals surface area contributed by atoms with Crippen LogP contribution in [-0.4, -0.2) is 10.8 Å². The molecule has 4 heteroatoms. The Morgan fingerprint density at radius 3 is 2.41 bits per heavy atom. The molecule has 1 aromatic heterocycles. The van der Waals surface area contributed by atoms with Crippen molar-refractivity contribution in [3.05, 3.63) is 46.5 Å². The highest BCUT2D eigenvalue weighted by molar-refractivity contribution is 7.13. The number of aromatic nitrogens is 1. The molecule has 0 amide bonds. The van der Waals surface area contributed by atoms with Crippen molar-refractivity contribution in [1.82, 2.24) is 4.98 Å². The van der Waals surface area contributed by atoms with Gasteiger partial charge >= 0.3 is 0 Å². The zero-order chi connectivity index (χ0) is 12.4. The van der Waals surface area contributed by atoms with Crippen LogP contribution in [0, 0.1) is 0 Å². The van der Waals surface area contributed by atoms with E-state index in [-0.39, 0.29) is 5.78 Å². The van der Waals surface area contributed by atoms with E-state index in [0.29, 0.717) is 22.3 Å². The van der Waals surface area contributed by atoms with Gasteiger partial charge in [-0.25, -0.2) is 4.98 Å². The van der Waals surface area contributed by atoms with Crippen LogP contribution < -0.4 is 5.73 Å². The highest BCUT2D eigenvalue weighted by Gasteiger charge is 2.12. The Balaban J connectivity index is 2.26. The quantitative estimate of drug-likeness (QED) is 0.847. The number of carbonyl (C=O) groups excluding carboxylic acids is 1. The third-order valence-electron chi connectivity index (χ3n) is 2.59. The Morgan fingerprint density at radius 1 is 1.29 bits per heavy atom. The van der Waals surface area contributed by atoms with Crippen LogP contribution in [0.2, 0.25) is 0 Å². The average Bonchev–Trinajstić information content (AvgIpc) is 2.75. The number of nitrogen functional groups attached to an aromatic ring is 1. The summed E-state index contributed by atoms with van der Waals surface area (Å²) in [5.41, 5.74) is 7.81. The predicted octanol–water partition coefficient (Wildman–Crippen LogP) is 3.08. The molecule has 0 spiro atoms. The third kappa shape index (κ3) is 2.53. The predicted molar refractivity (Wildman–Crippen MR) is 70.5 cm³/mol. The number of ketones is 1. The Kier molecular flexibility index (Phi) is 3.24. The first-order valence-electron chi connectivity index (χ1n) is 5.43. The highest BCUT2D eigenvalue weighted by Crippen LogP contribution is 2.18. The van der Waals surface area contributed by atoms with Crippen LogP contribution in [0.15, 0.2) is 29.6 Å². The Bertz CT molecular complexity index is 529. The molecule has 0 saturated heterocycles. The lowest BCUT2D eigenvalue weighted by Crippen LogP contribution is -2.02. The van der Waals surface area contributed by atoms with Gasteiger partial charge in [0.15, 0.2) is 5.13 Å². The smallest absolute Gasteiger partial charge is 0.212 e. The van der Waals surface area contributed by atoms with Gasteiger partial charge in [0.05, 0.1) is 0 Å². The minimum atomic E-state index is -0.0757. The summed E-state index contributed by atoms with van der Waals surface area (Å²) in [6.07, 6.45) is 0. The SMILES string of the molecule is CC(C)c1ccc(C(=O)c2csc(N)n2)cc1. The van der Waals surface area contributed by atoms with E-state index in [9.17, 15) is 4.79 Å². The number of hydrogen-bond acceptors (Lipinski definition) is 4. The zero-order valence-electron chi connectivity index (χ0n) is 9.81. The first-order chi connectivity index (χ1) is 8.08. The maximum absolute atomic E-state index is 12.0. The van der Waals surface area contributed by atoms with Crippen molar-refractivity contribution < 1.29 is 4.79 Å². The van der Waals surface area contributed by atoms with Gasteiger partial charge in [0.2, 0.25) is 5.78 Å². The topological polar surface area (TPSA) is 56.0 Å². The fraction of sp³-hybridized carbons (Fsp3) is 0.231. The summed E-state index contributed by atoms with van der Waals surface area (Å²) in [6.45, 7) is 4.25. The van der Waals surface area contributed by atoms with Crippen LogP contribution in [0.4, 0.5) is 5.13 Å². The second kappa shape index (κ2) is 4.67. The van der Waals surface area contributed by atoms with Gasteiger partial charge in [-0.15, -0.1) is 11.3 Å². The van der Waals surface area contributed by atoms with Crippen LogP contribution in [0.3, 0.4) is 0 Å². The molecular weight excluding hydrogens is 232 g/mol. The molecule has 0 aliphatic rings. The number of anilines is 1. The van der Waals surface area contributed by atoms with Crippen molar-refractivity contribution >= 4 is 22.3 Å². The molecule has 3 nitrogen and oxygen atoms in total. The van der Waals surface area contributed by atoms with Crippen LogP contribution in [0.1, 0.15) is 41.4 Å². The minimum absolute atomic E-state index is 0.0757. The molecule has 1 heterocycles. The second-order valence-electron chi connectivity index (χ2n) is 4.18. The molecule has 0 saturated carbocycles. The maximum atomic E-state index is 12.0. The summed E-state index contributed by atoms with van der Waals surface area (Å²) in [5, 5.41) is 2.11. The van der Waals surface area contributed by atoms with E-state index in [2.05, 4.69) is 18.8 Å². The van der Waals surface area contributed by atoms with E-state index in [0.717, 1.165) is 0 Å². The minimum Gasteiger partial charge on any atom is -0.375 e.